The molecule has 1 fully saturated rings. The third kappa shape index (κ3) is 3.03. The lowest BCUT2D eigenvalue weighted by molar-refractivity contribution is -0.131. The lowest BCUT2D eigenvalue weighted by Crippen LogP contribution is -2.43. The van der Waals surface area contributed by atoms with E-state index in [0.29, 0.717) is 22.6 Å². The fourth-order valence-electron chi connectivity index (χ4n) is 3.00. The van der Waals surface area contributed by atoms with Crippen LogP contribution in [-0.4, -0.2) is 29.2 Å². The summed E-state index contributed by atoms with van der Waals surface area (Å²) in [5.41, 5.74) is -0.0606. The van der Waals surface area contributed by atoms with E-state index in [9.17, 15) is 14.4 Å². The molecule has 1 atom stereocenters. The number of carbonyl (C=O) groups is 3. The van der Waals surface area contributed by atoms with Crippen molar-refractivity contribution in [3.63, 3.8) is 0 Å². The van der Waals surface area contributed by atoms with Crippen molar-refractivity contribution in [2.75, 3.05) is 6.54 Å². The van der Waals surface area contributed by atoms with Crippen molar-refractivity contribution in [1.82, 2.24) is 10.2 Å². The van der Waals surface area contributed by atoms with Gasteiger partial charge in [0, 0.05) is 10.6 Å². The molecule has 0 radical (unpaired) electrons. The maximum Gasteiger partial charge on any atom is 0.325 e. The van der Waals surface area contributed by atoms with Crippen molar-refractivity contribution in [1.29, 1.82) is 0 Å². The molecule has 6 heteroatoms. The number of nitrogens with one attached hydrogen (secondary N) is 1. The third-order valence-corrected chi connectivity index (χ3v) is 4.69. The summed E-state index contributed by atoms with van der Waals surface area (Å²) < 4.78 is 0. The first-order valence-corrected chi connectivity index (χ1v) is 8.34. The maximum atomic E-state index is 13.0. The molecular weight excluding hydrogens is 340 g/mol. The Balaban J connectivity index is 1.88. The number of nitrogens with zero attached hydrogens (tertiary/aromatic N) is 1. The molecule has 1 heterocycles. The Labute approximate surface area is 150 Å². The summed E-state index contributed by atoms with van der Waals surface area (Å²) >= 11 is 5.91. The Morgan fingerprint density at radius 2 is 1.72 bits per heavy atom. The van der Waals surface area contributed by atoms with Crippen LogP contribution in [0, 0.1) is 0 Å². The number of Topliss-reactive ketones (excluding diaryl/α,β-unsaturated/α-hetero) is 1. The van der Waals surface area contributed by atoms with Gasteiger partial charge in [-0.2, -0.15) is 0 Å². The van der Waals surface area contributed by atoms with E-state index in [0.717, 1.165) is 4.90 Å². The Bertz CT molecular complexity index is 820. The smallest absolute Gasteiger partial charge is 0.319 e. The first-order chi connectivity index (χ1) is 12.0. The minimum Gasteiger partial charge on any atom is -0.319 e. The molecule has 128 valence electrons. The summed E-state index contributed by atoms with van der Waals surface area (Å²) in [6, 6.07) is 14.8. The summed E-state index contributed by atoms with van der Waals surface area (Å²) in [5, 5.41) is 3.30. The number of benzene rings is 2. The van der Waals surface area contributed by atoms with Gasteiger partial charge in [0.05, 0.1) is 6.54 Å². The molecule has 25 heavy (non-hydrogen) atoms. The van der Waals surface area contributed by atoms with E-state index < -0.39 is 17.5 Å². The van der Waals surface area contributed by atoms with Crippen LogP contribution in [0.1, 0.15) is 29.3 Å². The predicted molar refractivity (Wildman–Crippen MR) is 94.4 cm³/mol. The van der Waals surface area contributed by atoms with Crippen molar-refractivity contribution in [2.45, 2.75) is 18.9 Å². The van der Waals surface area contributed by atoms with Gasteiger partial charge in [0.25, 0.3) is 5.91 Å². The van der Waals surface area contributed by atoms with E-state index in [-0.39, 0.29) is 12.3 Å². The monoisotopic (exact) mass is 356 g/mol. The van der Waals surface area contributed by atoms with Crippen molar-refractivity contribution in [2.24, 2.45) is 0 Å². The van der Waals surface area contributed by atoms with Gasteiger partial charge in [-0.05, 0) is 24.1 Å². The molecule has 2 aromatic carbocycles. The second-order valence-electron chi connectivity index (χ2n) is 5.88. The highest BCUT2D eigenvalue weighted by Gasteiger charge is 2.51. The number of ketones is 1. The van der Waals surface area contributed by atoms with Crippen molar-refractivity contribution in [3.05, 3.63) is 70.7 Å². The van der Waals surface area contributed by atoms with Crippen molar-refractivity contribution in [3.8, 4) is 0 Å². The molecule has 1 aliphatic heterocycles. The van der Waals surface area contributed by atoms with E-state index >= 15 is 0 Å². The zero-order valence-electron chi connectivity index (χ0n) is 13.7. The van der Waals surface area contributed by atoms with Gasteiger partial charge < -0.3 is 5.32 Å². The van der Waals surface area contributed by atoms with Crippen LogP contribution in [0.3, 0.4) is 0 Å². The Morgan fingerprint density at radius 3 is 2.32 bits per heavy atom. The summed E-state index contributed by atoms with van der Waals surface area (Å²) in [4.78, 5) is 38.7. The average molecular weight is 357 g/mol. The molecular formula is C19H17ClN2O3. The maximum absolute atomic E-state index is 13.0. The fourth-order valence-corrected chi connectivity index (χ4v) is 3.13. The number of amides is 3. The molecule has 0 aliphatic carbocycles. The van der Waals surface area contributed by atoms with Crippen LogP contribution in [0.4, 0.5) is 4.79 Å². The Morgan fingerprint density at radius 1 is 1.08 bits per heavy atom. The van der Waals surface area contributed by atoms with Crippen LogP contribution < -0.4 is 5.32 Å². The van der Waals surface area contributed by atoms with Gasteiger partial charge in [-0.1, -0.05) is 61.0 Å². The minimum atomic E-state index is -1.17. The Kier molecular flexibility index (Phi) is 4.59. The van der Waals surface area contributed by atoms with Crippen LogP contribution in [0.2, 0.25) is 5.02 Å². The molecule has 2 aromatic rings. The quantitative estimate of drug-likeness (QED) is 0.659. The van der Waals surface area contributed by atoms with Crippen LogP contribution in [0.15, 0.2) is 54.6 Å². The zero-order chi connectivity index (χ0) is 18.0. The molecule has 1 aliphatic rings. The van der Waals surface area contributed by atoms with Crippen molar-refractivity contribution < 1.29 is 14.4 Å². The molecule has 5 nitrogen and oxygen atoms in total. The third-order valence-electron chi connectivity index (χ3n) is 4.44. The first kappa shape index (κ1) is 17.2. The van der Waals surface area contributed by atoms with E-state index in [2.05, 4.69) is 5.32 Å². The van der Waals surface area contributed by atoms with Crippen molar-refractivity contribution >= 4 is 29.3 Å². The lowest BCUT2D eigenvalue weighted by atomic mass is 9.87. The topological polar surface area (TPSA) is 66.5 Å². The normalized spacial score (nSPS) is 19.8. The Hall–Kier alpha value is -2.66. The molecule has 3 amide bonds. The number of carbonyl (C=O) groups excluding carboxylic acids is 3. The summed E-state index contributed by atoms with van der Waals surface area (Å²) in [6.07, 6.45) is 0.370. The van der Waals surface area contributed by atoms with Gasteiger partial charge in [-0.3, -0.25) is 14.5 Å². The second-order valence-corrected chi connectivity index (χ2v) is 6.31. The summed E-state index contributed by atoms with van der Waals surface area (Å²) in [5.74, 6) is -0.710. The minimum absolute atomic E-state index is 0.285. The largest absolute Gasteiger partial charge is 0.325 e. The van der Waals surface area contributed by atoms with E-state index in [4.69, 9.17) is 11.6 Å². The summed E-state index contributed by atoms with van der Waals surface area (Å²) in [6.45, 7) is 1.53. The molecule has 0 bridgehead atoms. The predicted octanol–water partition coefficient (Wildman–Crippen LogP) is 3.38. The summed E-state index contributed by atoms with van der Waals surface area (Å²) in [7, 11) is 0. The molecule has 3 rings (SSSR count). The standard InChI is InChI=1S/C19H17ClN2O3/c1-2-19(14-8-10-15(20)11-9-14)17(24)22(18(25)21-19)12-16(23)13-6-4-3-5-7-13/h3-11H,2,12H2,1H3,(H,21,25)/t19-/m0/s1. The average Bonchev–Trinajstić information content (AvgIpc) is 2.88. The van der Waals surface area contributed by atoms with Crippen LogP contribution in [0.5, 0.6) is 0 Å². The molecule has 0 spiro atoms. The number of imide groups is 1. The van der Waals surface area contributed by atoms with Gasteiger partial charge in [0.1, 0.15) is 5.54 Å². The van der Waals surface area contributed by atoms with E-state index in [1.807, 2.05) is 6.92 Å². The highest BCUT2D eigenvalue weighted by molar-refractivity contribution is 6.30. The molecule has 0 aromatic heterocycles. The van der Waals surface area contributed by atoms with Crippen LogP contribution >= 0.6 is 11.6 Å². The fraction of sp³-hybridized carbons (Fsp3) is 0.211. The number of urea groups is 1. The van der Waals surface area contributed by atoms with Gasteiger partial charge >= 0.3 is 6.03 Å². The highest BCUT2D eigenvalue weighted by atomic mass is 35.5. The van der Waals surface area contributed by atoms with Crippen LogP contribution in [0.25, 0.3) is 0 Å². The van der Waals surface area contributed by atoms with Crippen LogP contribution in [-0.2, 0) is 10.3 Å². The van der Waals surface area contributed by atoms with Gasteiger partial charge in [0.15, 0.2) is 5.78 Å². The number of hydrogen-bond acceptors (Lipinski definition) is 3. The number of halogens is 1. The highest BCUT2D eigenvalue weighted by Crippen LogP contribution is 2.33. The SMILES string of the molecule is CC[C@@]1(c2ccc(Cl)cc2)NC(=O)N(CC(=O)c2ccccc2)C1=O. The lowest BCUT2D eigenvalue weighted by Gasteiger charge is -2.25. The molecule has 1 N–H and O–H groups in total. The van der Waals surface area contributed by atoms with Gasteiger partial charge in [-0.15, -0.1) is 0 Å². The van der Waals surface area contributed by atoms with E-state index in [1.165, 1.54) is 0 Å². The molecule has 1 saturated heterocycles. The molecule has 0 saturated carbocycles. The zero-order valence-corrected chi connectivity index (χ0v) is 14.4. The van der Waals surface area contributed by atoms with E-state index in [1.54, 1.807) is 54.6 Å². The number of hydrogen-bond donors (Lipinski definition) is 1. The first-order valence-electron chi connectivity index (χ1n) is 7.96. The number of rotatable bonds is 5. The van der Waals surface area contributed by atoms with Gasteiger partial charge in [-0.25, -0.2) is 4.79 Å². The molecule has 0 unspecified atom stereocenters. The second kappa shape index (κ2) is 6.69. The van der Waals surface area contributed by atoms with Gasteiger partial charge in [0.2, 0.25) is 0 Å².